The van der Waals surface area contributed by atoms with Crippen LogP contribution in [0.3, 0.4) is 0 Å². The molecule has 0 spiro atoms. The third kappa shape index (κ3) is 19.4. The highest BCUT2D eigenvalue weighted by molar-refractivity contribution is 5.88. The van der Waals surface area contributed by atoms with E-state index in [2.05, 4.69) is 23.8 Å². The van der Waals surface area contributed by atoms with Gasteiger partial charge in [0.1, 0.15) is 6.04 Å². The van der Waals surface area contributed by atoms with Crippen molar-refractivity contribution in [3.05, 3.63) is 12.2 Å². The molecule has 0 aliphatic rings. The lowest BCUT2D eigenvalue weighted by molar-refractivity contribution is -0.160. The molecule has 0 rings (SSSR count). The first-order valence-electron chi connectivity index (χ1n) is 11.3. The fraction of sp³-hybridized carbons (Fsp3) is 0.783. The molecule has 3 N–H and O–H groups in total. The summed E-state index contributed by atoms with van der Waals surface area (Å²) in [5, 5.41) is 8.55. The minimum absolute atomic E-state index is 0.0329. The molecule has 29 heavy (non-hydrogen) atoms. The van der Waals surface area contributed by atoms with Crippen LogP contribution in [-0.2, 0) is 19.1 Å². The maximum atomic E-state index is 11.6. The van der Waals surface area contributed by atoms with Crippen molar-refractivity contribution in [2.24, 2.45) is 5.73 Å². The number of ether oxygens (including phenoxy) is 1. The Morgan fingerprint density at radius 3 is 1.90 bits per heavy atom. The van der Waals surface area contributed by atoms with Gasteiger partial charge in [-0.2, -0.15) is 0 Å². The van der Waals surface area contributed by atoms with Gasteiger partial charge in [-0.1, -0.05) is 70.4 Å². The summed E-state index contributed by atoms with van der Waals surface area (Å²) in [5.41, 5.74) is 5.50. The number of hydrogen-bond donors (Lipinski definition) is 2. The number of hydrogen-bond acceptors (Lipinski definition) is 5. The highest BCUT2D eigenvalue weighted by Crippen LogP contribution is 2.10. The Morgan fingerprint density at radius 1 is 0.828 bits per heavy atom. The Morgan fingerprint density at radius 2 is 1.34 bits per heavy atom. The SMILES string of the molecule is CCCCCCCC/C=C\CCCCCCCC(=O)OC(=O)C(N)CCC(=O)O. The Labute approximate surface area is 176 Å². The molecule has 168 valence electrons. The molecular formula is C23H41NO5. The Bertz CT molecular complexity index is 476. The number of carbonyl (C=O) groups is 3. The zero-order valence-corrected chi connectivity index (χ0v) is 18.2. The van der Waals surface area contributed by atoms with Crippen LogP contribution in [0, 0.1) is 0 Å². The molecule has 0 radical (unpaired) electrons. The Balaban J connectivity index is 3.47. The third-order valence-corrected chi connectivity index (χ3v) is 4.83. The maximum absolute atomic E-state index is 11.6. The summed E-state index contributed by atoms with van der Waals surface area (Å²) in [6.45, 7) is 2.24. The highest BCUT2D eigenvalue weighted by Gasteiger charge is 2.19. The van der Waals surface area contributed by atoms with Gasteiger partial charge in [-0.05, 0) is 38.5 Å². The van der Waals surface area contributed by atoms with Crippen LogP contribution in [0.5, 0.6) is 0 Å². The topological polar surface area (TPSA) is 107 Å². The fourth-order valence-electron chi connectivity index (χ4n) is 2.98. The molecule has 0 fully saturated rings. The first-order chi connectivity index (χ1) is 14.0. The average Bonchev–Trinajstić information content (AvgIpc) is 2.68. The van der Waals surface area contributed by atoms with Crippen molar-refractivity contribution >= 4 is 17.9 Å². The molecule has 0 amide bonds. The van der Waals surface area contributed by atoms with Crippen LogP contribution in [0.15, 0.2) is 12.2 Å². The van der Waals surface area contributed by atoms with Gasteiger partial charge in [0.2, 0.25) is 0 Å². The van der Waals surface area contributed by atoms with Crippen LogP contribution in [0.2, 0.25) is 0 Å². The van der Waals surface area contributed by atoms with Crippen molar-refractivity contribution in [1.82, 2.24) is 0 Å². The second-order valence-electron chi connectivity index (χ2n) is 7.67. The van der Waals surface area contributed by atoms with Crippen molar-refractivity contribution < 1.29 is 24.2 Å². The van der Waals surface area contributed by atoms with Gasteiger partial charge in [-0.3, -0.25) is 9.59 Å². The van der Waals surface area contributed by atoms with Gasteiger partial charge in [0.25, 0.3) is 0 Å². The van der Waals surface area contributed by atoms with Gasteiger partial charge >= 0.3 is 17.9 Å². The number of allylic oxidation sites excluding steroid dienone is 2. The van der Waals surface area contributed by atoms with E-state index >= 15 is 0 Å². The molecule has 6 nitrogen and oxygen atoms in total. The zero-order chi connectivity index (χ0) is 21.7. The third-order valence-electron chi connectivity index (χ3n) is 4.83. The van der Waals surface area contributed by atoms with Gasteiger partial charge in [-0.25, -0.2) is 4.79 Å². The number of esters is 2. The maximum Gasteiger partial charge on any atom is 0.330 e. The predicted molar refractivity (Wildman–Crippen MR) is 115 cm³/mol. The molecule has 0 aromatic carbocycles. The molecule has 1 atom stereocenters. The highest BCUT2D eigenvalue weighted by atomic mass is 16.6. The molecule has 0 bridgehead atoms. The van der Waals surface area contributed by atoms with E-state index in [9.17, 15) is 14.4 Å². The lowest BCUT2D eigenvalue weighted by Gasteiger charge is -2.08. The Hall–Kier alpha value is -1.69. The van der Waals surface area contributed by atoms with Crippen molar-refractivity contribution in [3.63, 3.8) is 0 Å². The van der Waals surface area contributed by atoms with Gasteiger partial charge in [0.05, 0.1) is 0 Å². The molecular weight excluding hydrogens is 370 g/mol. The monoisotopic (exact) mass is 411 g/mol. The van der Waals surface area contributed by atoms with E-state index in [1.807, 2.05) is 0 Å². The van der Waals surface area contributed by atoms with Crippen LogP contribution < -0.4 is 5.73 Å². The summed E-state index contributed by atoms with van der Waals surface area (Å²) in [4.78, 5) is 33.6. The second kappa shape index (κ2) is 19.6. The van der Waals surface area contributed by atoms with E-state index < -0.39 is 23.9 Å². The van der Waals surface area contributed by atoms with Crippen LogP contribution in [0.1, 0.15) is 110 Å². The van der Waals surface area contributed by atoms with Gasteiger partial charge in [-0.15, -0.1) is 0 Å². The summed E-state index contributed by atoms with van der Waals surface area (Å²) < 4.78 is 4.66. The number of unbranched alkanes of at least 4 members (excludes halogenated alkanes) is 11. The number of carboxylic acid groups (broad SMARTS) is 1. The van der Waals surface area contributed by atoms with E-state index in [4.69, 9.17) is 10.8 Å². The van der Waals surface area contributed by atoms with E-state index in [1.165, 1.54) is 44.9 Å². The summed E-state index contributed by atoms with van der Waals surface area (Å²) in [6, 6.07) is -1.07. The summed E-state index contributed by atoms with van der Waals surface area (Å²) in [5.74, 6) is -2.46. The standard InChI is InChI=1S/C23H41NO5/c1-2-3-4-5-6-7-8-9-10-11-12-13-14-15-16-17-22(27)29-23(28)20(24)18-19-21(25)26/h9-10,20H,2-8,11-19,24H2,1H3,(H,25,26)/b10-9-. The number of nitrogens with two attached hydrogens (primary N) is 1. The zero-order valence-electron chi connectivity index (χ0n) is 18.2. The molecule has 0 aromatic heterocycles. The summed E-state index contributed by atoms with van der Waals surface area (Å²) >= 11 is 0. The van der Waals surface area contributed by atoms with Crippen molar-refractivity contribution in [2.75, 3.05) is 0 Å². The van der Waals surface area contributed by atoms with Crippen LogP contribution in [-0.4, -0.2) is 29.1 Å². The molecule has 1 unspecified atom stereocenters. The van der Waals surface area contributed by atoms with Crippen molar-refractivity contribution in [2.45, 2.75) is 116 Å². The van der Waals surface area contributed by atoms with E-state index in [0.717, 1.165) is 32.1 Å². The fourth-order valence-corrected chi connectivity index (χ4v) is 2.98. The summed E-state index contributed by atoms with van der Waals surface area (Å²) in [7, 11) is 0. The van der Waals surface area contributed by atoms with E-state index in [0.29, 0.717) is 6.42 Å². The van der Waals surface area contributed by atoms with Crippen LogP contribution in [0.4, 0.5) is 0 Å². The average molecular weight is 412 g/mol. The van der Waals surface area contributed by atoms with Crippen molar-refractivity contribution in [3.8, 4) is 0 Å². The number of rotatable bonds is 19. The van der Waals surface area contributed by atoms with Gasteiger partial charge < -0.3 is 15.6 Å². The first kappa shape index (κ1) is 27.3. The normalized spacial score (nSPS) is 12.2. The lowest BCUT2D eigenvalue weighted by atomic mass is 10.1. The molecule has 0 heterocycles. The van der Waals surface area contributed by atoms with Gasteiger partial charge in [0.15, 0.2) is 0 Å². The summed E-state index contributed by atoms with van der Waals surface area (Å²) in [6.07, 6.45) is 19.8. The minimum Gasteiger partial charge on any atom is -0.481 e. The number of aliphatic carboxylic acids is 1. The number of carbonyl (C=O) groups excluding carboxylic acids is 2. The minimum atomic E-state index is -1.07. The van der Waals surface area contributed by atoms with Gasteiger partial charge in [0, 0.05) is 12.8 Å². The second-order valence-corrected chi connectivity index (χ2v) is 7.67. The quantitative estimate of drug-likeness (QED) is 0.129. The van der Waals surface area contributed by atoms with E-state index in [1.54, 1.807) is 0 Å². The lowest BCUT2D eigenvalue weighted by Crippen LogP contribution is -2.34. The largest absolute Gasteiger partial charge is 0.481 e. The molecule has 0 saturated carbocycles. The first-order valence-corrected chi connectivity index (χ1v) is 11.3. The van der Waals surface area contributed by atoms with Crippen molar-refractivity contribution in [1.29, 1.82) is 0 Å². The molecule has 0 aliphatic carbocycles. The molecule has 0 aliphatic heterocycles. The van der Waals surface area contributed by atoms with E-state index in [-0.39, 0.29) is 19.3 Å². The van der Waals surface area contributed by atoms with Crippen LogP contribution >= 0.6 is 0 Å². The molecule has 6 heteroatoms. The predicted octanol–water partition coefficient (Wildman–Crippen LogP) is 5.29. The Kier molecular flexibility index (Phi) is 18.5. The number of carboxylic acids is 1. The smallest absolute Gasteiger partial charge is 0.330 e. The van der Waals surface area contributed by atoms with Crippen LogP contribution in [0.25, 0.3) is 0 Å². The molecule has 0 aromatic rings. The molecule has 0 saturated heterocycles.